The molecule has 1 fully saturated rings. The first-order valence-corrected chi connectivity index (χ1v) is 10.1. The van der Waals surface area contributed by atoms with Crippen LogP contribution in [0.5, 0.6) is 0 Å². The Kier molecular flexibility index (Phi) is 7.29. The molecule has 0 atom stereocenters. The Morgan fingerprint density at radius 2 is 2.00 bits per heavy atom. The van der Waals surface area contributed by atoms with Crippen LogP contribution in [0.25, 0.3) is 0 Å². The molecular weight excluding hydrogens is 382 g/mol. The molecule has 2 aromatic rings. The maximum atomic E-state index is 12.4. The number of thiophene rings is 1. The molecule has 1 N–H and O–H groups in total. The van der Waals surface area contributed by atoms with E-state index in [9.17, 15) is 4.79 Å². The first kappa shape index (κ1) is 19.9. The van der Waals surface area contributed by atoms with Gasteiger partial charge in [-0.1, -0.05) is 17.7 Å². The molecule has 7 heteroatoms. The molecule has 0 aliphatic carbocycles. The lowest BCUT2D eigenvalue weighted by Gasteiger charge is -2.29. The Bertz CT molecular complexity index is 757. The van der Waals surface area contributed by atoms with Gasteiger partial charge in [0.1, 0.15) is 0 Å². The maximum absolute atomic E-state index is 12.4. The van der Waals surface area contributed by atoms with Crippen molar-refractivity contribution in [1.82, 2.24) is 4.90 Å². The van der Waals surface area contributed by atoms with Crippen LogP contribution in [0.4, 0.5) is 11.4 Å². The monoisotopic (exact) mass is 405 g/mol. The van der Waals surface area contributed by atoms with Gasteiger partial charge >= 0.3 is 0 Å². The van der Waals surface area contributed by atoms with E-state index in [-0.39, 0.29) is 5.91 Å². The van der Waals surface area contributed by atoms with Crippen molar-refractivity contribution >= 4 is 40.2 Å². The number of hydrogen-bond donors (Lipinski definition) is 1. The van der Waals surface area contributed by atoms with E-state index in [2.05, 4.69) is 16.8 Å². The smallest absolute Gasteiger partial charge is 0.238 e. The van der Waals surface area contributed by atoms with Crippen molar-refractivity contribution in [3.63, 3.8) is 0 Å². The Balaban J connectivity index is 1.54. The number of hydrogen-bond acceptors (Lipinski definition) is 5. The number of carbonyl (C=O) groups is 1. The lowest BCUT2D eigenvalue weighted by molar-refractivity contribution is -0.117. The van der Waals surface area contributed by atoms with Crippen molar-refractivity contribution < 1.29 is 9.53 Å². The van der Waals surface area contributed by atoms with Gasteiger partial charge in [-0.2, -0.15) is 0 Å². The average Bonchev–Trinajstić information content (AvgIpc) is 3.08. The summed E-state index contributed by atoms with van der Waals surface area (Å²) in [4.78, 5) is 17.9. The van der Waals surface area contributed by atoms with Crippen LogP contribution in [0.15, 0.2) is 49.1 Å². The molecule has 0 bridgehead atoms. The van der Waals surface area contributed by atoms with E-state index >= 15 is 0 Å². The van der Waals surface area contributed by atoms with Crippen LogP contribution in [-0.4, -0.2) is 50.2 Å². The molecule has 2 heterocycles. The quantitative estimate of drug-likeness (QED) is 0.677. The van der Waals surface area contributed by atoms with Crippen molar-refractivity contribution in [2.24, 2.45) is 0 Å². The van der Waals surface area contributed by atoms with Gasteiger partial charge in [-0.3, -0.25) is 9.69 Å². The van der Waals surface area contributed by atoms with Gasteiger partial charge in [0.25, 0.3) is 0 Å². The van der Waals surface area contributed by atoms with E-state index < -0.39 is 0 Å². The first-order chi connectivity index (χ1) is 13.1. The Labute approximate surface area is 169 Å². The summed E-state index contributed by atoms with van der Waals surface area (Å²) in [5.41, 5.74) is 1.95. The second-order valence-electron chi connectivity index (χ2n) is 6.36. The summed E-state index contributed by atoms with van der Waals surface area (Å²) in [7, 11) is 0. The molecule has 0 radical (unpaired) electrons. The first-order valence-electron chi connectivity index (χ1n) is 8.94. The minimum absolute atomic E-state index is 0.0429. The van der Waals surface area contributed by atoms with Gasteiger partial charge in [-0.05, 0) is 36.4 Å². The molecule has 1 amide bonds. The zero-order valence-electron chi connectivity index (χ0n) is 15.2. The minimum atomic E-state index is -0.0429. The number of carbonyl (C=O) groups excluding carboxylic acids is 1. The van der Waals surface area contributed by atoms with Gasteiger partial charge in [0, 0.05) is 42.4 Å². The summed E-state index contributed by atoms with van der Waals surface area (Å²) in [6.07, 6.45) is 1.81. The van der Waals surface area contributed by atoms with Crippen molar-refractivity contribution in [3.05, 3.63) is 58.3 Å². The highest BCUT2D eigenvalue weighted by atomic mass is 35.5. The molecule has 3 rings (SSSR count). The minimum Gasteiger partial charge on any atom is -0.378 e. The third-order valence-corrected chi connectivity index (χ3v) is 5.51. The molecule has 0 saturated carbocycles. The fourth-order valence-electron chi connectivity index (χ4n) is 3.01. The van der Waals surface area contributed by atoms with E-state index in [4.69, 9.17) is 16.3 Å². The Morgan fingerprint density at radius 1 is 1.26 bits per heavy atom. The number of morpholine rings is 1. The van der Waals surface area contributed by atoms with Crippen LogP contribution in [0, 0.1) is 0 Å². The van der Waals surface area contributed by atoms with Crippen molar-refractivity contribution in [1.29, 1.82) is 0 Å². The molecule has 1 aliphatic heterocycles. The number of anilines is 2. The number of ether oxygens (including phenoxy) is 1. The predicted octanol–water partition coefficient (Wildman–Crippen LogP) is 3.86. The highest BCUT2D eigenvalue weighted by Gasteiger charge is 2.13. The molecule has 1 aromatic heterocycles. The average molecular weight is 406 g/mol. The van der Waals surface area contributed by atoms with E-state index in [1.54, 1.807) is 6.08 Å². The summed E-state index contributed by atoms with van der Waals surface area (Å²) < 4.78 is 6.14. The zero-order valence-corrected chi connectivity index (χ0v) is 16.8. The van der Waals surface area contributed by atoms with Crippen LogP contribution in [-0.2, 0) is 16.1 Å². The van der Waals surface area contributed by atoms with Gasteiger partial charge in [0.15, 0.2) is 0 Å². The lowest BCUT2D eigenvalue weighted by atomic mass is 10.2. The summed E-state index contributed by atoms with van der Waals surface area (Å²) in [5, 5.41) is 2.97. The van der Waals surface area contributed by atoms with E-state index in [1.165, 1.54) is 11.3 Å². The number of nitrogens with one attached hydrogen (secondary N) is 1. The van der Waals surface area contributed by atoms with Gasteiger partial charge in [-0.15, -0.1) is 17.9 Å². The predicted molar refractivity (Wildman–Crippen MR) is 113 cm³/mol. The topological polar surface area (TPSA) is 44.8 Å². The number of halogens is 1. The highest BCUT2D eigenvalue weighted by molar-refractivity contribution is 7.16. The van der Waals surface area contributed by atoms with E-state index in [1.807, 2.05) is 41.3 Å². The normalized spacial score (nSPS) is 14.4. The molecule has 0 spiro atoms. The number of nitrogens with zero attached hydrogens (tertiary/aromatic N) is 2. The maximum Gasteiger partial charge on any atom is 0.238 e. The summed E-state index contributed by atoms with van der Waals surface area (Å²) in [5.74, 6) is -0.0429. The van der Waals surface area contributed by atoms with Crippen molar-refractivity contribution in [2.75, 3.05) is 49.6 Å². The highest BCUT2D eigenvalue weighted by Crippen LogP contribution is 2.23. The van der Waals surface area contributed by atoms with Crippen molar-refractivity contribution in [3.8, 4) is 0 Å². The van der Waals surface area contributed by atoms with Gasteiger partial charge < -0.3 is 15.0 Å². The van der Waals surface area contributed by atoms with Crippen LogP contribution >= 0.6 is 22.9 Å². The summed E-state index contributed by atoms with van der Waals surface area (Å²) in [6, 6.07) is 11.8. The number of rotatable bonds is 8. The third-order valence-electron chi connectivity index (χ3n) is 4.29. The molecule has 144 valence electrons. The van der Waals surface area contributed by atoms with Crippen LogP contribution < -0.4 is 10.2 Å². The molecule has 1 aromatic carbocycles. The Morgan fingerprint density at radius 3 is 2.63 bits per heavy atom. The largest absolute Gasteiger partial charge is 0.378 e. The van der Waals surface area contributed by atoms with E-state index in [0.717, 1.165) is 46.9 Å². The van der Waals surface area contributed by atoms with Crippen LogP contribution in [0.2, 0.25) is 4.34 Å². The molecule has 1 saturated heterocycles. The van der Waals surface area contributed by atoms with Gasteiger partial charge in [0.2, 0.25) is 5.91 Å². The van der Waals surface area contributed by atoms with Gasteiger partial charge in [-0.25, -0.2) is 0 Å². The summed E-state index contributed by atoms with van der Waals surface area (Å²) in [6.45, 7) is 8.70. The SMILES string of the molecule is C=CCN(CC(=O)Nc1ccc(N2CCOCC2)cc1)Cc1ccc(Cl)s1. The van der Waals surface area contributed by atoms with Crippen LogP contribution in [0.1, 0.15) is 4.88 Å². The van der Waals surface area contributed by atoms with Crippen LogP contribution in [0.3, 0.4) is 0 Å². The molecule has 0 unspecified atom stereocenters. The molecule has 27 heavy (non-hydrogen) atoms. The molecule has 1 aliphatic rings. The fourth-order valence-corrected chi connectivity index (χ4v) is 4.14. The zero-order chi connectivity index (χ0) is 19.1. The second-order valence-corrected chi connectivity index (χ2v) is 8.16. The van der Waals surface area contributed by atoms with Crippen molar-refractivity contribution in [2.45, 2.75) is 6.54 Å². The van der Waals surface area contributed by atoms with Gasteiger partial charge in [0.05, 0.1) is 24.1 Å². The molecular formula is C20H24ClN3O2S. The molecule has 5 nitrogen and oxygen atoms in total. The fraction of sp³-hybridized carbons (Fsp3) is 0.350. The number of amides is 1. The van der Waals surface area contributed by atoms with E-state index in [0.29, 0.717) is 19.6 Å². The third kappa shape index (κ3) is 6.07. The standard InChI is InChI=1S/C20H24ClN3O2S/c1-2-9-23(14-18-7-8-19(21)27-18)15-20(25)22-16-3-5-17(6-4-16)24-10-12-26-13-11-24/h2-8H,1,9-15H2,(H,22,25). The lowest BCUT2D eigenvalue weighted by Crippen LogP contribution is -2.36. The number of benzene rings is 1. The second kappa shape index (κ2) is 9.90. The Hall–Kier alpha value is -1.86. The summed E-state index contributed by atoms with van der Waals surface area (Å²) >= 11 is 7.53.